The molecule has 100 valence electrons. The molecule has 8 nitrogen and oxygen atoms in total. The zero-order valence-corrected chi connectivity index (χ0v) is 10.3. The first kappa shape index (κ1) is 14.1. The van der Waals surface area contributed by atoms with Crippen molar-refractivity contribution in [2.75, 3.05) is 13.2 Å². The number of rotatable bonds is 6. The van der Waals surface area contributed by atoms with Gasteiger partial charge in [0.1, 0.15) is 11.4 Å². The molecule has 0 saturated carbocycles. The standard InChI is InChI=1S/C10H16N4O4/c1-7-10(14(17)18)8(2)13(12-7)5-3-9(16)11-4-6-15/h15H,3-6H2,1-2H3,(H,11,16). The van der Waals surface area contributed by atoms with Crippen molar-refractivity contribution in [1.29, 1.82) is 0 Å². The van der Waals surface area contributed by atoms with E-state index in [1.807, 2.05) is 0 Å². The normalized spacial score (nSPS) is 10.4. The summed E-state index contributed by atoms with van der Waals surface area (Å²) in [5.41, 5.74) is 0.770. The van der Waals surface area contributed by atoms with Gasteiger partial charge in [0.2, 0.25) is 5.91 Å². The number of nitro groups is 1. The second kappa shape index (κ2) is 6.10. The minimum atomic E-state index is -0.472. The predicted molar refractivity (Wildman–Crippen MR) is 63.1 cm³/mol. The molecule has 0 aliphatic rings. The summed E-state index contributed by atoms with van der Waals surface area (Å²) in [5, 5.41) is 25.9. The molecule has 0 radical (unpaired) electrons. The van der Waals surface area contributed by atoms with Crippen LogP contribution in [0.1, 0.15) is 17.8 Å². The fourth-order valence-corrected chi connectivity index (χ4v) is 1.66. The van der Waals surface area contributed by atoms with Crippen LogP contribution in [0, 0.1) is 24.0 Å². The SMILES string of the molecule is Cc1nn(CCC(=O)NCCO)c(C)c1[N+](=O)[O-]. The van der Waals surface area contributed by atoms with Gasteiger partial charge < -0.3 is 10.4 Å². The van der Waals surface area contributed by atoms with Crippen LogP contribution in [-0.4, -0.2) is 38.9 Å². The van der Waals surface area contributed by atoms with Crippen LogP contribution in [-0.2, 0) is 11.3 Å². The maximum atomic E-state index is 11.3. The van der Waals surface area contributed by atoms with Gasteiger partial charge in [-0.15, -0.1) is 0 Å². The van der Waals surface area contributed by atoms with Crippen molar-refractivity contribution in [2.45, 2.75) is 26.8 Å². The van der Waals surface area contributed by atoms with Gasteiger partial charge in [0.05, 0.1) is 18.1 Å². The van der Waals surface area contributed by atoms with E-state index in [4.69, 9.17) is 5.11 Å². The second-order valence-corrected chi connectivity index (χ2v) is 3.82. The molecule has 0 saturated heterocycles. The number of aryl methyl sites for hydroxylation is 2. The Bertz CT molecular complexity index is 455. The molecule has 0 aliphatic carbocycles. The lowest BCUT2D eigenvalue weighted by Crippen LogP contribution is -2.27. The van der Waals surface area contributed by atoms with Crippen LogP contribution in [0.3, 0.4) is 0 Å². The number of amides is 1. The van der Waals surface area contributed by atoms with Gasteiger partial charge in [-0.2, -0.15) is 5.10 Å². The van der Waals surface area contributed by atoms with Crippen molar-refractivity contribution in [1.82, 2.24) is 15.1 Å². The van der Waals surface area contributed by atoms with Gasteiger partial charge in [0.15, 0.2) is 0 Å². The first-order chi connectivity index (χ1) is 8.47. The highest BCUT2D eigenvalue weighted by molar-refractivity contribution is 5.75. The molecule has 2 N–H and O–H groups in total. The average molecular weight is 256 g/mol. The predicted octanol–water partition coefficient (Wildman–Crippen LogP) is -0.0933. The largest absolute Gasteiger partial charge is 0.395 e. The van der Waals surface area contributed by atoms with Gasteiger partial charge in [-0.25, -0.2) is 0 Å². The van der Waals surface area contributed by atoms with Crippen LogP contribution in [0.2, 0.25) is 0 Å². The fraction of sp³-hybridized carbons (Fsp3) is 0.600. The monoisotopic (exact) mass is 256 g/mol. The van der Waals surface area contributed by atoms with Gasteiger partial charge in [-0.3, -0.25) is 19.6 Å². The minimum absolute atomic E-state index is 0.00855. The van der Waals surface area contributed by atoms with E-state index in [0.717, 1.165) is 0 Å². The smallest absolute Gasteiger partial charge is 0.312 e. The van der Waals surface area contributed by atoms with E-state index in [2.05, 4.69) is 10.4 Å². The molecule has 0 spiro atoms. The summed E-state index contributed by atoms with van der Waals surface area (Å²) in [6, 6.07) is 0. The lowest BCUT2D eigenvalue weighted by Gasteiger charge is -2.04. The molecule has 8 heteroatoms. The van der Waals surface area contributed by atoms with Crippen molar-refractivity contribution in [3.05, 3.63) is 21.5 Å². The Kier molecular flexibility index (Phi) is 4.78. The Morgan fingerprint density at radius 3 is 2.72 bits per heavy atom. The van der Waals surface area contributed by atoms with E-state index in [9.17, 15) is 14.9 Å². The highest BCUT2D eigenvalue weighted by Gasteiger charge is 2.21. The highest BCUT2D eigenvalue weighted by atomic mass is 16.6. The lowest BCUT2D eigenvalue weighted by molar-refractivity contribution is -0.386. The van der Waals surface area contributed by atoms with E-state index >= 15 is 0 Å². The number of nitrogens with zero attached hydrogens (tertiary/aromatic N) is 3. The molecule has 1 amide bonds. The van der Waals surface area contributed by atoms with Gasteiger partial charge in [-0.1, -0.05) is 0 Å². The highest BCUT2D eigenvalue weighted by Crippen LogP contribution is 2.21. The van der Waals surface area contributed by atoms with E-state index < -0.39 is 4.92 Å². The number of aliphatic hydroxyl groups excluding tert-OH is 1. The summed E-state index contributed by atoms with van der Waals surface area (Å²) in [6.07, 6.45) is 0.166. The zero-order chi connectivity index (χ0) is 13.7. The maximum absolute atomic E-state index is 11.3. The average Bonchev–Trinajstić information content (AvgIpc) is 2.58. The minimum Gasteiger partial charge on any atom is -0.395 e. The van der Waals surface area contributed by atoms with Crippen molar-refractivity contribution in [3.8, 4) is 0 Å². The maximum Gasteiger partial charge on any atom is 0.312 e. The van der Waals surface area contributed by atoms with Crippen LogP contribution in [0.25, 0.3) is 0 Å². The topological polar surface area (TPSA) is 110 Å². The van der Waals surface area contributed by atoms with Crippen LogP contribution in [0.5, 0.6) is 0 Å². The first-order valence-corrected chi connectivity index (χ1v) is 5.53. The van der Waals surface area contributed by atoms with Crippen molar-refractivity contribution < 1.29 is 14.8 Å². The van der Waals surface area contributed by atoms with E-state index in [0.29, 0.717) is 11.4 Å². The van der Waals surface area contributed by atoms with Crippen LogP contribution in [0.15, 0.2) is 0 Å². The quantitative estimate of drug-likeness (QED) is 0.545. The lowest BCUT2D eigenvalue weighted by atomic mass is 10.3. The molecule has 0 aromatic carbocycles. The number of hydrogen-bond acceptors (Lipinski definition) is 5. The van der Waals surface area contributed by atoms with Crippen molar-refractivity contribution in [2.24, 2.45) is 0 Å². The summed E-state index contributed by atoms with van der Waals surface area (Å²) < 4.78 is 1.45. The van der Waals surface area contributed by atoms with Crippen molar-refractivity contribution >= 4 is 11.6 Å². The zero-order valence-electron chi connectivity index (χ0n) is 10.3. The molecule has 0 aliphatic heterocycles. The van der Waals surface area contributed by atoms with Gasteiger partial charge in [0.25, 0.3) is 0 Å². The molecular formula is C10H16N4O4. The summed E-state index contributed by atoms with van der Waals surface area (Å²) in [6.45, 7) is 3.53. The van der Waals surface area contributed by atoms with Gasteiger partial charge >= 0.3 is 5.69 Å². The summed E-state index contributed by atoms with van der Waals surface area (Å²) in [5.74, 6) is -0.223. The molecular weight excluding hydrogens is 240 g/mol. The molecule has 0 atom stereocenters. The Hall–Kier alpha value is -1.96. The Labute approximate surface area is 104 Å². The van der Waals surface area contributed by atoms with E-state index in [1.165, 1.54) is 4.68 Å². The summed E-state index contributed by atoms with van der Waals surface area (Å²) >= 11 is 0. The number of hydrogen-bond donors (Lipinski definition) is 2. The third-order valence-corrected chi connectivity index (χ3v) is 2.51. The van der Waals surface area contributed by atoms with E-state index in [-0.39, 0.29) is 37.7 Å². The van der Waals surface area contributed by atoms with Crippen molar-refractivity contribution in [3.63, 3.8) is 0 Å². The molecule has 1 aromatic rings. The second-order valence-electron chi connectivity index (χ2n) is 3.82. The first-order valence-electron chi connectivity index (χ1n) is 5.53. The molecule has 1 rings (SSSR count). The molecule has 0 fully saturated rings. The number of aromatic nitrogens is 2. The number of nitrogens with one attached hydrogen (secondary N) is 1. The fourth-order valence-electron chi connectivity index (χ4n) is 1.66. The Morgan fingerprint density at radius 2 is 2.22 bits per heavy atom. The molecule has 0 unspecified atom stereocenters. The molecule has 1 heterocycles. The molecule has 18 heavy (non-hydrogen) atoms. The summed E-state index contributed by atoms with van der Waals surface area (Å²) in [7, 11) is 0. The van der Waals surface area contributed by atoms with Crippen LogP contribution >= 0.6 is 0 Å². The Morgan fingerprint density at radius 1 is 1.56 bits per heavy atom. The molecule has 0 bridgehead atoms. The molecule has 1 aromatic heterocycles. The summed E-state index contributed by atoms with van der Waals surface area (Å²) in [4.78, 5) is 21.6. The van der Waals surface area contributed by atoms with Crippen LogP contribution < -0.4 is 5.32 Å². The number of carbonyl (C=O) groups excluding carboxylic acids is 1. The van der Waals surface area contributed by atoms with Gasteiger partial charge in [0, 0.05) is 13.0 Å². The van der Waals surface area contributed by atoms with Crippen LogP contribution in [0.4, 0.5) is 5.69 Å². The van der Waals surface area contributed by atoms with Gasteiger partial charge in [-0.05, 0) is 13.8 Å². The Balaban J connectivity index is 2.66. The van der Waals surface area contributed by atoms with E-state index in [1.54, 1.807) is 13.8 Å². The number of carbonyl (C=O) groups is 1. The third-order valence-electron chi connectivity index (χ3n) is 2.51. The number of aliphatic hydroxyl groups is 1. The third kappa shape index (κ3) is 3.27.